The maximum atomic E-state index is 11.6. The van der Waals surface area contributed by atoms with Crippen molar-refractivity contribution in [2.24, 2.45) is 0 Å². The fourth-order valence-electron chi connectivity index (χ4n) is 2.19. The average molecular weight is 340 g/mol. The minimum atomic E-state index is -0.364. The Kier molecular flexibility index (Phi) is 7.08. The normalized spacial score (nSPS) is 10.9. The third-order valence-corrected chi connectivity index (χ3v) is 3.27. The van der Waals surface area contributed by atoms with Crippen LogP contribution in [0, 0.1) is 0 Å². The van der Waals surface area contributed by atoms with Gasteiger partial charge in [0.05, 0.1) is 12.7 Å². The zero-order valence-corrected chi connectivity index (χ0v) is 14.9. The standard InChI is InChI=1S/C21H24O4/c1-4-23-20-14-17(11-13-21(22)25-16(2)3)10-12-19(20)24-15-18-8-6-5-7-9-18/h5-14,16H,4,15H2,1-3H3/b13-11+. The minimum absolute atomic E-state index is 0.134. The highest BCUT2D eigenvalue weighted by atomic mass is 16.5. The first kappa shape index (κ1) is 18.6. The molecule has 0 aliphatic rings. The monoisotopic (exact) mass is 340 g/mol. The molecule has 25 heavy (non-hydrogen) atoms. The molecule has 0 N–H and O–H groups in total. The van der Waals surface area contributed by atoms with Crippen LogP contribution in [0.4, 0.5) is 0 Å². The van der Waals surface area contributed by atoms with Crippen molar-refractivity contribution in [2.75, 3.05) is 6.61 Å². The second kappa shape index (κ2) is 9.52. The van der Waals surface area contributed by atoms with Crippen LogP contribution >= 0.6 is 0 Å². The van der Waals surface area contributed by atoms with Gasteiger partial charge in [0.2, 0.25) is 0 Å². The van der Waals surface area contributed by atoms with Crippen LogP contribution in [0.25, 0.3) is 6.08 Å². The van der Waals surface area contributed by atoms with E-state index < -0.39 is 0 Å². The summed E-state index contributed by atoms with van der Waals surface area (Å²) in [7, 11) is 0. The number of carbonyl (C=O) groups is 1. The molecule has 0 spiro atoms. The highest BCUT2D eigenvalue weighted by Gasteiger charge is 2.07. The van der Waals surface area contributed by atoms with Gasteiger partial charge in [-0.15, -0.1) is 0 Å². The molecule has 0 fully saturated rings. The molecule has 2 rings (SSSR count). The van der Waals surface area contributed by atoms with Crippen molar-refractivity contribution in [3.8, 4) is 11.5 Å². The Balaban J connectivity index is 2.08. The number of rotatable bonds is 8. The van der Waals surface area contributed by atoms with E-state index in [1.165, 1.54) is 6.08 Å². The topological polar surface area (TPSA) is 44.8 Å². The van der Waals surface area contributed by atoms with Crippen LogP contribution in [0.15, 0.2) is 54.6 Å². The van der Waals surface area contributed by atoms with Crippen LogP contribution in [0.2, 0.25) is 0 Å². The van der Waals surface area contributed by atoms with Crippen LogP contribution in [0.1, 0.15) is 31.9 Å². The van der Waals surface area contributed by atoms with E-state index in [0.29, 0.717) is 24.7 Å². The van der Waals surface area contributed by atoms with Crippen molar-refractivity contribution in [1.82, 2.24) is 0 Å². The molecule has 0 aliphatic carbocycles. The fourth-order valence-corrected chi connectivity index (χ4v) is 2.19. The molecule has 0 aromatic heterocycles. The van der Waals surface area contributed by atoms with Gasteiger partial charge >= 0.3 is 5.97 Å². The summed E-state index contributed by atoms with van der Waals surface area (Å²) < 4.78 is 16.6. The van der Waals surface area contributed by atoms with Gasteiger partial charge in [0.25, 0.3) is 0 Å². The van der Waals surface area contributed by atoms with Gasteiger partial charge in [-0.1, -0.05) is 36.4 Å². The Hall–Kier alpha value is -2.75. The lowest BCUT2D eigenvalue weighted by atomic mass is 10.2. The summed E-state index contributed by atoms with van der Waals surface area (Å²) in [6.07, 6.45) is 2.98. The molecule has 0 saturated carbocycles. The molecule has 4 heteroatoms. The zero-order valence-electron chi connectivity index (χ0n) is 14.9. The van der Waals surface area contributed by atoms with E-state index in [9.17, 15) is 4.79 Å². The van der Waals surface area contributed by atoms with E-state index in [1.807, 2.05) is 69.3 Å². The Morgan fingerprint density at radius 2 is 1.80 bits per heavy atom. The summed E-state index contributed by atoms with van der Waals surface area (Å²) in [5, 5.41) is 0. The molecule has 0 amide bonds. The number of esters is 1. The summed E-state index contributed by atoms with van der Waals surface area (Å²) >= 11 is 0. The predicted octanol–water partition coefficient (Wildman–Crippen LogP) is 4.63. The van der Waals surface area contributed by atoms with Crippen molar-refractivity contribution in [2.45, 2.75) is 33.5 Å². The molecule has 0 unspecified atom stereocenters. The van der Waals surface area contributed by atoms with Crippen molar-refractivity contribution in [3.05, 3.63) is 65.7 Å². The lowest BCUT2D eigenvalue weighted by Crippen LogP contribution is -2.08. The maximum Gasteiger partial charge on any atom is 0.331 e. The maximum absolute atomic E-state index is 11.6. The first-order valence-corrected chi connectivity index (χ1v) is 8.40. The van der Waals surface area contributed by atoms with Gasteiger partial charge in [-0.3, -0.25) is 0 Å². The van der Waals surface area contributed by atoms with Gasteiger partial charge in [0, 0.05) is 6.08 Å². The Bertz CT molecular complexity index is 705. The molecule has 0 radical (unpaired) electrons. The number of ether oxygens (including phenoxy) is 3. The molecule has 2 aromatic rings. The summed E-state index contributed by atoms with van der Waals surface area (Å²) in [6, 6.07) is 15.5. The highest BCUT2D eigenvalue weighted by Crippen LogP contribution is 2.29. The Labute approximate surface area is 149 Å². The molecular weight excluding hydrogens is 316 g/mol. The van der Waals surface area contributed by atoms with E-state index in [1.54, 1.807) is 6.08 Å². The molecule has 0 atom stereocenters. The summed E-state index contributed by atoms with van der Waals surface area (Å²) in [5.41, 5.74) is 1.93. The molecule has 0 bridgehead atoms. The molecule has 0 heterocycles. The lowest BCUT2D eigenvalue weighted by Gasteiger charge is -2.12. The van der Waals surface area contributed by atoms with E-state index in [0.717, 1.165) is 11.1 Å². The largest absolute Gasteiger partial charge is 0.490 e. The third kappa shape index (κ3) is 6.34. The second-order valence-corrected chi connectivity index (χ2v) is 5.73. The van der Waals surface area contributed by atoms with Crippen LogP contribution in [-0.2, 0) is 16.1 Å². The van der Waals surface area contributed by atoms with Crippen molar-refractivity contribution < 1.29 is 19.0 Å². The van der Waals surface area contributed by atoms with Crippen LogP contribution in [0.3, 0.4) is 0 Å². The van der Waals surface area contributed by atoms with Gasteiger partial charge in [-0.05, 0) is 50.1 Å². The average Bonchev–Trinajstić information content (AvgIpc) is 2.60. The summed E-state index contributed by atoms with van der Waals surface area (Å²) in [4.78, 5) is 11.6. The highest BCUT2D eigenvalue weighted by molar-refractivity contribution is 5.87. The molecule has 2 aromatic carbocycles. The second-order valence-electron chi connectivity index (χ2n) is 5.73. The molecule has 4 nitrogen and oxygen atoms in total. The van der Waals surface area contributed by atoms with Crippen molar-refractivity contribution >= 4 is 12.0 Å². The number of carbonyl (C=O) groups excluding carboxylic acids is 1. The molecule has 0 saturated heterocycles. The van der Waals surface area contributed by atoms with E-state index in [4.69, 9.17) is 14.2 Å². The van der Waals surface area contributed by atoms with Crippen molar-refractivity contribution in [3.63, 3.8) is 0 Å². The fraction of sp³-hybridized carbons (Fsp3) is 0.286. The Morgan fingerprint density at radius 3 is 2.48 bits per heavy atom. The van der Waals surface area contributed by atoms with E-state index in [-0.39, 0.29) is 12.1 Å². The quantitative estimate of drug-likeness (QED) is 0.519. The SMILES string of the molecule is CCOc1cc(/C=C/C(=O)OC(C)C)ccc1OCc1ccccc1. The number of benzene rings is 2. The molecule has 132 valence electrons. The van der Waals surface area contributed by atoms with E-state index in [2.05, 4.69) is 0 Å². The minimum Gasteiger partial charge on any atom is -0.490 e. The smallest absolute Gasteiger partial charge is 0.331 e. The Morgan fingerprint density at radius 1 is 1.04 bits per heavy atom. The first-order valence-electron chi connectivity index (χ1n) is 8.40. The van der Waals surface area contributed by atoms with Gasteiger partial charge in [-0.2, -0.15) is 0 Å². The number of hydrogen-bond donors (Lipinski definition) is 0. The summed E-state index contributed by atoms with van der Waals surface area (Å²) in [6.45, 7) is 6.56. The molecular formula is C21H24O4. The zero-order chi connectivity index (χ0) is 18.1. The lowest BCUT2D eigenvalue weighted by molar-refractivity contribution is -0.141. The number of hydrogen-bond acceptors (Lipinski definition) is 4. The van der Waals surface area contributed by atoms with Gasteiger partial charge in [0.1, 0.15) is 6.61 Å². The van der Waals surface area contributed by atoms with Crippen LogP contribution in [0.5, 0.6) is 11.5 Å². The third-order valence-electron chi connectivity index (χ3n) is 3.27. The van der Waals surface area contributed by atoms with Crippen molar-refractivity contribution in [1.29, 1.82) is 0 Å². The van der Waals surface area contributed by atoms with Gasteiger partial charge < -0.3 is 14.2 Å². The van der Waals surface area contributed by atoms with Crippen LogP contribution in [-0.4, -0.2) is 18.7 Å². The van der Waals surface area contributed by atoms with E-state index >= 15 is 0 Å². The summed E-state index contributed by atoms with van der Waals surface area (Å²) in [5.74, 6) is 0.961. The van der Waals surface area contributed by atoms with Crippen LogP contribution < -0.4 is 9.47 Å². The first-order chi connectivity index (χ1) is 12.1. The van der Waals surface area contributed by atoms with Gasteiger partial charge in [-0.25, -0.2) is 4.79 Å². The predicted molar refractivity (Wildman–Crippen MR) is 98.6 cm³/mol. The van der Waals surface area contributed by atoms with Gasteiger partial charge in [0.15, 0.2) is 11.5 Å². The molecule has 0 aliphatic heterocycles.